The number of hydrogen-bond acceptors (Lipinski definition) is 5. The lowest BCUT2D eigenvalue weighted by Gasteiger charge is -2.35. The largest absolute Gasteiger partial charge is 0.493 e. The molecule has 0 radical (unpaired) electrons. The number of benzene rings is 1. The van der Waals surface area contributed by atoms with Gasteiger partial charge in [0, 0.05) is 12.5 Å². The molecular weight excluding hydrogens is 322 g/mol. The van der Waals surface area contributed by atoms with E-state index in [1.807, 2.05) is 25.1 Å². The van der Waals surface area contributed by atoms with Crippen LogP contribution >= 0.6 is 0 Å². The van der Waals surface area contributed by atoms with Crippen molar-refractivity contribution in [3.05, 3.63) is 23.8 Å². The molecule has 0 saturated carbocycles. The van der Waals surface area contributed by atoms with Crippen molar-refractivity contribution >= 4 is 11.9 Å². The molecule has 138 valence electrons. The van der Waals surface area contributed by atoms with Crippen LogP contribution in [0.1, 0.15) is 31.7 Å². The second-order valence-electron chi connectivity index (χ2n) is 6.36. The summed E-state index contributed by atoms with van der Waals surface area (Å²) < 4.78 is 15.4. The van der Waals surface area contributed by atoms with Crippen LogP contribution in [0.2, 0.25) is 0 Å². The zero-order chi connectivity index (χ0) is 18.4. The Labute approximate surface area is 149 Å². The minimum atomic E-state index is -0.459. The van der Waals surface area contributed by atoms with Gasteiger partial charge in [-0.15, -0.1) is 0 Å². The molecule has 2 atom stereocenters. The number of methoxy groups -OCH3 is 3. The van der Waals surface area contributed by atoms with Gasteiger partial charge in [0.05, 0.1) is 21.3 Å². The van der Waals surface area contributed by atoms with Crippen molar-refractivity contribution < 1.29 is 23.8 Å². The molecule has 0 spiro atoms. The molecule has 1 aliphatic heterocycles. The van der Waals surface area contributed by atoms with Gasteiger partial charge in [-0.2, -0.15) is 0 Å². The van der Waals surface area contributed by atoms with E-state index < -0.39 is 6.04 Å². The van der Waals surface area contributed by atoms with E-state index in [4.69, 9.17) is 14.2 Å². The smallest absolute Gasteiger partial charge is 0.328 e. The summed E-state index contributed by atoms with van der Waals surface area (Å²) in [7, 11) is 4.55. The van der Waals surface area contributed by atoms with Crippen LogP contribution in [0.25, 0.3) is 0 Å². The molecule has 1 aromatic carbocycles. The van der Waals surface area contributed by atoms with Crippen molar-refractivity contribution in [3.8, 4) is 11.5 Å². The molecule has 0 bridgehead atoms. The predicted octanol–water partition coefficient (Wildman–Crippen LogP) is 2.44. The Balaban J connectivity index is 2.10. The Morgan fingerprint density at radius 2 is 1.88 bits per heavy atom. The van der Waals surface area contributed by atoms with Crippen LogP contribution in [0.3, 0.4) is 0 Å². The van der Waals surface area contributed by atoms with Gasteiger partial charge in [0.1, 0.15) is 6.04 Å². The molecule has 25 heavy (non-hydrogen) atoms. The summed E-state index contributed by atoms with van der Waals surface area (Å²) in [6.07, 6.45) is 3.10. The SMILES string of the molecule is COC(=O)C1CCCCN1C(=O)C(C)Cc1ccc(OC)c(OC)c1. The minimum absolute atomic E-state index is 0.00937. The molecule has 1 saturated heterocycles. The van der Waals surface area contributed by atoms with Gasteiger partial charge in [0.25, 0.3) is 0 Å². The highest BCUT2D eigenvalue weighted by Crippen LogP contribution is 2.29. The maximum atomic E-state index is 12.9. The first kappa shape index (κ1) is 19.1. The number of carbonyl (C=O) groups excluding carboxylic acids is 2. The Kier molecular flexibility index (Phi) is 6.67. The average Bonchev–Trinajstić information content (AvgIpc) is 2.66. The van der Waals surface area contributed by atoms with Gasteiger partial charge in [0.2, 0.25) is 5.91 Å². The number of amides is 1. The van der Waals surface area contributed by atoms with Gasteiger partial charge in [-0.05, 0) is 43.4 Å². The number of nitrogens with zero attached hydrogens (tertiary/aromatic N) is 1. The molecule has 6 nitrogen and oxygen atoms in total. The molecule has 1 fully saturated rings. The molecule has 1 heterocycles. The normalized spacial score (nSPS) is 18.4. The van der Waals surface area contributed by atoms with Gasteiger partial charge in [0.15, 0.2) is 11.5 Å². The number of rotatable bonds is 6. The molecular formula is C19H27NO5. The van der Waals surface area contributed by atoms with Crippen LogP contribution in [0.4, 0.5) is 0 Å². The third-order valence-corrected chi connectivity index (χ3v) is 4.67. The molecule has 2 unspecified atom stereocenters. The molecule has 1 amide bonds. The average molecular weight is 349 g/mol. The maximum Gasteiger partial charge on any atom is 0.328 e. The lowest BCUT2D eigenvalue weighted by Crippen LogP contribution is -2.50. The fraction of sp³-hybridized carbons (Fsp3) is 0.579. The highest BCUT2D eigenvalue weighted by atomic mass is 16.5. The third-order valence-electron chi connectivity index (χ3n) is 4.67. The Bertz CT molecular complexity index is 616. The van der Waals surface area contributed by atoms with Crippen LogP contribution in [0.5, 0.6) is 11.5 Å². The van der Waals surface area contributed by atoms with E-state index in [1.54, 1.807) is 19.1 Å². The van der Waals surface area contributed by atoms with Crippen molar-refractivity contribution in [1.29, 1.82) is 0 Å². The van der Waals surface area contributed by atoms with Crippen molar-refractivity contribution in [2.75, 3.05) is 27.9 Å². The van der Waals surface area contributed by atoms with Gasteiger partial charge in [-0.3, -0.25) is 4.79 Å². The number of likely N-dealkylation sites (tertiary alicyclic amines) is 1. The van der Waals surface area contributed by atoms with Crippen LogP contribution in [-0.4, -0.2) is 50.7 Å². The van der Waals surface area contributed by atoms with Gasteiger partial charge in [-0.25, -0.2) is 4.79 Å². The first-order valence-electron chi connectivity index (χ1n) is 8.61. The van der Waals surface area contributed by atoms with E-state index in [2.05, 4.69) is 0 Å². The van der Waals surface area contributed by atoms with Crippen LogP contribution in [0, 0.1) is 5.92 Å². The Morgan fingerprint density at radius 1 is 1.16 bits per heavy atom. The Morgan fingerprint density at radius 3 is 2.52 bits per heavy atom. The third kappa shape index (κ3) is 4.44. The van der Waals surface area contributed by atoms with E-state index in [1.165, 1.54) is 7.11 Å². The minimum Gasteiger partial charge on any atom is -0.493 e. The molecule has 1 aromatic rings. The van der Waals surface area contributed by atoms with E-state index in [0.29, 0.717) is 30.9 Å². The first-order valence-corrected chi connectivity index (χ1v) is 8.61. The van der Waals surface area contributed by atoms with Gasteiger partial charge >= 0.3 is 5.97 Å². The monoisotopic (exact) mass is 349 g/mol. The second-order valence-corrected chi connectivity index (χ2v) is 6.36. The van der Waals surface area contributed by atoms with Crippen LogP contribution in [0.15, 0.2) is 18.2 Å². The van der Waals surface area contributed by atoms with Crippen LogP contribution in [-0.2, 0) is 20.7 Å². The zero-order valence-electron chi connectivity index (χ0n) is 15.4. The summed E-state index contributed by atoms with van der Waals surface area (Å²) in [5.41, 5.74) is 0.991. The molecule has 0 aliphatic carbocycles. The van der Waals surface area contributed by atoms with E-state index >= 15 is 0 Å². The standard InChI is InChI=1S/C19H27NO5/c1-13(11-14-8-9-16(23-2)17(12-14)24-3)18(21)20-10-6-5-7-15(20)19(22)25-4/h8-9,12-13,15H,5-7,10-11H2,1-4H3. The fourth-order valence-corrected chi connectivity index (χ4v) is 3.31. The number of piperidine rings is 1. The lowest BCUT2D eigenvalue weighted by molar-refractivity contribution is -0.156. The van der Waals surface area contributed by atoms with Gasteiger partial charge in [-0.1, -0.05) is 13.0 Å². The van der Waals surface area contributed by atoms with Crippen molar-refractivity contribution in [2.45, 2.75) is 38.6 Å². The number of ether oxygens (including phenoxy) is 3. The predicted molar refractivity (Wildman–Crippen MR) is 93.8 cm³/mol. The molecule has 2 rings (SSSR count). The second kappa shape index (κ2) is 8.74. The maximum absolute atomic E-state index is 12.9. The number of carbonyl (C=O) groups is 2. The summed E-state index contributed by atoms with van der Waals surface area (Å²) in [5.74, 6) is 0.733. The number of esters is 1. The van der Waals surface area contributed by atoms with Gasteiger partial charge < -0.3 is 19.1 Å². The molecule has 6 heteroatoms. The summed E-state index contributed by atoms with van der Waals surface area (Å²) in [6, 6.07) is 5.19. The van der Waals surface area contributed by atoms with Crippen molar-refractivity contribution in [1.82, 2.24) is 4.90 Å². The first-order chi connectivity index (χ1) is 12.0. The van der Waals surface area contributed by atoms with E-state index in [0.717, 1.165) is 18.4 Å². The number of hydrogen-bond donors (Lipinski definition) is 0. The summed E-state index contributed by atoms with van der Waals surface area (Å²) in [6.45, 7) is 2.50. The van der Waals surface area contributed by atoms with Crippen molar-refractivity contribution in [3.63, 3.8) is 0 Å². The Hall–Kier alpha value is -2.24. The zero-order valence-corrected chi connectivity index (χ0v) is 15.4. The highest BCUT2D eigenvalue weighted by molar-refractivity contribution is 5.86. The van der Waals surface area contributed by atoms with E-state index in [9.17, 15) is 9.59 Å². The summed E-state index contributed by atoms with van der Waals surface area (Å²) in [4.78, 5) is 26.5. The topological polar surface area (TPSA) is 65.1 Å². The van der Waals surface area contributed by atoms with Crippen molar-refractivity contribution in [2.24, 2.45) is 5.92 Å². The summed E-state index contributed by atoms with van der Waals surface area (Å²) >= 11 is 0. The van der Waals surface area contributed by atoms with E-state index in [-0.39, 0.29) is 17.8 Å². The lowest BCUT2D eigenvalue weighted by atomic mass is 9.95. The fourth-order valence-electron chi connectivity index (χ4n) is 3.31. The highest BCUT2D eigenvalue weighted by Gasteiger charge is 2.34. The molecule has 1 aliphatic rings. The quantitative estimate of drug-likeness (QED) is 0.738. The van der Waals surface area contributed by atoms with Crippen LogP contribution < -0.4 is 9.47 Å². The molecule has 0 aromatic heterocycles. The molecule has 0 N–H and O–H groups in total. The summed E-state index contributed by atoms with van der Waals surface area (Å²) in [5, 5.41) is 0.